The van der Waals surface area contributed by atoms with E-state index in [0.717, 1.165) is 25.0 Å². The molecule has 0 spiro atoms. The fourth-order valence-electron chi connectivity index (χ4n) is 2.91. The largest absolute Gasteiger partial charge is 0.381 e. The average molecular weight is 342 g/mol. The van der Waals surface area contributed by atoms with Crippen LogP contribution in [-0.2, 0) is 16.0 Å². The zero-order chi connectivity index (χ0) is 17.6. The molecule has 2 aromatic heterocycles. The number of rotatable bonds is 5. The summed E-state index contributed by atoms with van der Waals surface area (Å²) in [5.41, 5.74) is 1.39. The van der Waals surface area contributed by atoms with Gasteiger partial charge in [-0.05, 0) is 37.8 Å². The van der Waals surface area contributed by atoms with Crippen LogP contribution in [0, 0.1) is 12.8 Å². The van der Waals surface area contributed by atoms with Gasteiger partial charge in [-0.2, -0.15) is 0 Å². The molecule has 2 aromatic rings. The van der Waals surface area contributed by atoms with E-state index in [4.69, 9.17) is 4.74 Å². The molecule has 0 aliphatic carbocycles. The van der Waals surface area contributed by atoms with Gasteiger partial charge < -0.3 is 15.0 Å². The Balaban J connectivity index is 1.66. The van der Waals surface area contributed by atoms with Crippen molar-refractivity contribution in [2.45, 2.75) is 26.2 Å². The van der Waals surface area contributed by atoms with Gasteiger partial charge in [0.25, 0.3) is 5.56 Å². The first kappa shape index (κ1) is 17.3. The molecule has 0 saturated carbocycles. The van der Waals surface area contributed by atoms with E-state index >= 15 is 0 Å². The number of nitrogens with one attached hydrogen (secondary N) is 2. The molecule has 1 atom stereocenters. The van der Waals surface area contributed by atoms with Crippen molar-refractivity contribution in [3.8, 4) is 11.4 Å². The Morgan fingerprint density at radius 2 is 2.36 bits per heavy atom. The minimum Gasteiger partial charge on any atom is -0.381 e. The second-order valence-corrected chi connectivity index (χ2v) is 6.28. The standard InChI is InChI=1S/C18H22N4O3/c1-12-15(8-16(23)20-9-13-4-3-7-25-11-13)18(24)22-17(21-12)14-5-2-6-19-10-14/h2,5-6,10,13H,3-4,7-9,11H2,1H3,(H,20,23)(H,21,22,24)/t13-/m1/s1. The van der Waals surface area contributed by atoms with Crippen LogP contribution in [0.4, 0.5) is 0 Å². The third-order valence-corrected chi connectivity index (χ3v) is 4.34. The molecule has 7 heteroatoms. The molecule has 1 aliphatic rings. The van der Waals surface area contributed by atoms with Gasteiger partial charge in [-0.25, -0.2) is 4.98 Å². The zero-order valence-corrected chi connectivity index (χ0v) is 14.2. The van der Waals surface area contributed by atoms with Crippen LogP contribution in [0.5, 0.6) is 0 Å². The van der Waals surface area contributed by atoms with Crippen LogP contribution in [0.25, 0.3) is 11.4 Å². The van der Waals surface area contributed by atoms with Crippen molar-refractivity contribution >= 4 is 5.91 Å². The first-order valence-corrected chi connectivity index (χ1v) is 8.48. The molecule has 0 radical (unpaired) electrons. The number of ether oxygens (including phenoxy) is 1. The van der Waals surface area contributed by atoms with Crippen LogP contribution in [0.1, 0.15) is 24.1 Å². The van der Waals surface area contributed by atoms with Gasteiger partial charge in [-0.15, -0.1) is 0 Å². The minimum absolute atomic E-state index is 0.0229. The Morgan fingerprint density at radius 1 is 1.48 bits per heavy atom. The van der Waals surface area contributed by atoms with E-state index < -0.39 is 0 Å². The lowest BCUT2D eigenvalue weighted by Gasteiger charge is -2.22. The van der Waals surface area contributed by atoms with Crippen molar-refractivity contribution in [1.82, 2.24) is 20.3 Å². The maximum absolute atomic E-state index is 12.4. The molecule has 0 bridgehead atoms. The monoisotopic (exact) mass is 342 g/mol. The first-order valence-electron chi connectivity index (χ1n) is 8.48. The number of pyridine rings is 1. The SMILES string of the molecule is Cc1nc(-c2cccnc2)[nH]c(=O)c1CC(=O)NC[C@H]1CCCOC1. The number of aryl methyl sites for hydroxylation is 1. The van der Waals surface area contributed by atoms with Crippen LogP contribution in [0.3, 0.4) is 0 Å². The molecule has 25 heavy (non-hydrogen) atoms. The fraction of sp³-hybridized carbons (Fsp3) is 0.444. The molecule has 3 rings (SSSR count). The molecule has 2 N–H and O–H groups in total. The summed E-state index contributed by atoms with van der Waals surface area (Å²) in [5, 5.41) is 2.89. The van der Waals surface area contributed by atoms with E-state index in [2.05, 4.69) is 20.3 Å². The third kappa shape index (κ3) is 4.51. The molecule has 1 amide bonds. The predicted octanol–water partition coefficient (Wildman–Crippen LogP) is 1.23. The van der Waals surface area contributed by atoms with Crippen molar-refractivity contribution < 1.29 is 9.53 Å². The van der Waals surface area contributed by atoms with Crippen LogP contribution in [0.15, 0.2) is 29.3 Å². The normalized spacial score (nSPS) is 17.2. The van der Waals surface area contributed by atoms with Crippen molar-refractivity contribution in [1.29, 1.82) is 0 Å². The number of nitrogens with zero attached hydrogens (tertiary/aromatic N) is 2. The average Bonchev–Trinajstić information content (AvgIpc) is 2.64. The Hall–Kier alpha value is -2.54. The summed E-state index contributed by atoms with van der Waals surface area (Å²) in [4.78, 5) is 35.7. The van der Waals surface area contributed by atoms with Gasteiger partial charge in [0.15, 0.2) is 0 Å². The minimum atomic E-state index is -0.289. The summed E-state index contributed by atoms with van der Waals surface area (Å²) in [6.45, 7) is 3.80. The van der Waals surface area contributed by atoms with E-state index in [-0.39, 0.29) is 17.9 Å². The lowest BCUT2D eigenvalue weighted by atomic mass is 10.0. The number of hydrogen-bond acceptors (Lipinski definition) is 5. The van der Waals surface area contributed by atoms with E-state index in [9.17, 15) is 9.59 Å². The topological polar surface area (TPSA) is 97.0 Å². The quantitative estimate of drug-likeness (QED) is 0.852. The summed E-state index contributed by atoms with van der Waals surface area (Å²) in [6.07, 6.45) is 5.40. The van der Waals surface area contributed by atoms with Gasteiger partial charge in [-0.1, -0.05) is 0 Å². The highest BCUT2D eigenvalue weighted by atomic mass is 16.5. The molecule has 1 fully saturated rings. The number of aromatic amines is 1. The lowest BCUT2D eigenvalue weighted by Crippen LogP contribution is -2.35. The van der Waals surface area contributed by atoms with Crippen LogP contribution < -0.4 is 10.9 Å². The van der Waals surface area contributed by atoms with Gasteiger partial charge in [-0.3, -0.25) is 14.6 Å². The highest BCUT2D eigenvalue weighted by Crippen LogP contribution is 2.14. The van der Waals surface area contributed by atoms with Gasteiger partial charge in [0.1, 0.15) is 5.82 Å². The Labute approximate surface area is 145 Å². The maximum Gasteiger partial charge on any atom is 0.255 e. The second-order valence-electron chi connectivity index (χ2n) is 6.28. The molecule has 0 unspecified atom stereocenters. The molecule has 1 saturated heterocycles. The van der Waals surface area contributed by atoms with Gasteiger partial charge >= 0.3 is 0 Å². The summed E-state index contributed by atoms with van der Waals surface area (Å²) >= 11 is 0. The predicted molar refractivity (Wildman–Crippen MR) is 93.1 cm³/mol. The van der Waals surface area contributed by atoms with Gasteiger partial charge in [0.2, 0.25) is 5.91 Å². The third-order valence-electron chi connectivity index (χ3n) is 4.34. The molecule has 132 valence electrons. The van der Waals surface area contributed by atoms with Crippen molar-refractivity contribution in [3.05, 3.63) is 46.1 Å². The number of amides is 1. The number of carbonyl (C=O) groups is 1. The first-order chi connectivity index (χ1) is 12.1. The van der Waals surface area contributed by atoms with E-state index in [1.54, 1.807) is 25.4 Å². The molecular weight excluding hydrogens is 320 g/mol. The summed E-state index contributed by atoms with van der Waals surface area (Å²) in [7, 11) is 0. The van der Waals surface area contributed by atoms with E-state index in [1.165, 1.54) is 0 Å². The summed E-state index contributed by atoms with van der Waals surface area (Å²) in [5.74, 6) is 0.636. The molecule has 1 aliphatic heterocycles. The van der Waals surface area contributed by atoms with Crippen LogP contribution in [-0.4, -0.2) is 40.6 Å². The van der Waals surface area contributed by atoms with Crippen molar-refractivity contribution in [2.75, 3.05) is 19.8 Å². The number of aromatic nitrogens is 3. The molecule has 7 nitrogen and oxygen atoms in total. The highest BCUT2D eigenvalue weighted by Gasteiger charge is 2.17. The van der Waals surface area contributed by atoms with Gasteiger partial charge in [0.05, 0.1) is 13.0 Å². The summed E-state index contributed by atoms with van der Waals surface area (Å²) in [6, 6.07) is 3.60. The van der Waals surface area contributed by atoms with Crippen LogP contribution in [0.2, 0.25) is 0 Å². The Kier molecular flexibility index (Phi) is 5.55. The summed E-state index contributed by atoms with van der Waals surface area (Å²) < 4.78 is 5.40. The molecule has 3 heterocycles. The highest BCUT2D eigenvalue weighted by molar-refractivity contribution is 5.78. The number of hydrogen-bond donors (Lipinski definition) is 2. The van der Waals surface area contributed by atoms with E-state index in [1.807, 2.05) is 6.07 Å². The van der Waals surface area contributed by atoms with Crippen LogP contribution >= 0.6 is 0 Å². The second kappa shape index (κ2) is 8.02. The fourth-order valence-corrected chi connectivity index (χ4v) is 2.91. The van der Waals surface area contributed by atoms with Gasteiger partial charge in [0, 0.05) is 42.4 Å². The Bertz CT molecular complexity index is 783. The Morgan fingerprint density at radius 3 is 3.04 bits per heavy atom. The molecular formula is C18H22N4O3. The number of carbonyl (C=O) groups excluding carboxylic acids is 1. The smallest absolute Gasteiger partial charge is 0.255 e. The van der Waals surface area contributed by atoms with Crippen molar-refractivity contribution in [3.63, 3.8) is 0 Å². The maximum atomic E-state index is 12.4. The lowest BCUT2D eigenvalue weighted by molar-refractivity contribution is -0.120. The number of H-pyrrole nitrogens is 1. The van der Waals surface area contributed by atoms with Crippen molar-refractivity contribution in [2.24, 2.45) is 5.92 Å². The molecule has 0 aromatic carbocycles. The zero-order valence-electron chi connectivity index (χ0n) is 14.2. The van der Waals surface area contributed by atoms with E-state index in [0.29, 0.717) is 36.2 Å².